The molecule has 1 aliphatic rings. The van der Waals surface area contributed by atoms with Gasteiger partial charge in [0.1, 0.15) is 5.78 Å². The first-order valence-corrected chi connectivity index (χ1v) is 8.33. The Morgan fingerprint density at radius 1 is 1.15 bits per heavy atom. The Kier molecular flexibility index (Phi) is 8.39. The van der Waals surface area contributed by atoms with Crippen molar-refractivity contribution >= 4 is 5.78 Å². The molecular formula is C17H33NO2. The molecule has 0 aromatic carbocycles. The molecule has 1 rings (SSSR count). The second-order valence-electron chi connectivity index (χ2n) is 6.95. The molecule has 0 amide bonds. The summed E-state index contributed by atoms with van der Waals surface area (Å²) >= 11 is 0. The van der Waals surface area contributed by atoms with Crippen LogP contribution in [0.2, 0.25) is 0 Å². The van der Waals surface area contributed by atoms with Gasteiger partial charge in [-0.05, 0) is 38.5 Å². The van der Waals surface area contributed by atoms with E-state index in [1.54, 1.807) is 0 Å². The van der Waals surface area contributed by atoms with E-state index < -0.39 is 0 Å². The lowest BCUT2D eigenvalue weighted by atomic mass is 9.91. The number of hydrogen-bond acceptors (Lipinski definition) is 3. The lowest BCUT2D eigenvalue weighted by Crippen LogP contribution is -2.48. The van der Waals surface area contributed by atoms with Crippen molar-refractivity contribution in [3.8, 4) is 0 Å². The standard InChI is InChI=1S/C17H33NO2/c1-14(2)11-18-12-16(13-18)10-17(19)8-6-5-7-9-20-15(3)4/h14-16H,5-13H2,1-4H3. The van der Waals surface area contributed by atoms with Crippen LogP contribution >= 0.6 is 0 Å². The monoisotopic (exact) mass is 283 g/mol. The third-order valence-electron chi connectivity index (χ3n) is 3.72. The number of hydrogen-bond donors (Lipinski definition) is 0. The van der Waals surface area contributed by atoms with Gasteiger partial charge in [-0.3, -0.25) is 4.79 Å². The van der Waals surface area contributed by atoms with Gasteiger partial charge in [0.05, 0.1) is 6.10 Å². The fraction of sp³-hybridized carbons (Fsp3) is 0.941. The van der Waals surface area contributed by atoms with Crippen molar-refractivity contribution in [3.05, 3.63) is 0 Å². The molecule has 118 valence electrons. The van der Waals surface area contributed by atoms with Gasteiger partial charge in [-0.1, -0.05) is 20.3 Å². The van der Waals surface area contributed by atoms with E-state index in [1.165, 1.54) is 6.54 Å². The summed E-state index contributed by atoms with van der Waals surface area (Å²) in [6.45, 7) is 12.9. The van der Waals surface area contributed by atoms with Crippen LogP contribution in [-0.2, 0) is 9.53 Å². The second kappa shape index (κ2) is 9.51. The summed E-state index contributed by atoms with van der Waals surface area (Å²) in [5.74, 6) is 1.83. The Balaban J connectivity index is 1.92. The van der Waals surface area contributed by atoms with Crippen LogP contribution in [0.5, 0.6) is 0 Å². The quantitative estimate of drug-likeness (QED) is 0.543. The number of ether oxygens (including phenoxy) is 1. The number of carbonyl (C=O) groups is 1. The van der Waals surface area contributed by atoms with E-state index in [1.807, 2.05) is 0 Å². The van der Waals surface area contributed by atoms with E-state index >= 15 is 0 Å². The molecule has 1 heterocycles. The lowest BCUT2D eigenvalue weighted by Gasteiger charge is -2.40. The molecule has 0 saturated carbocycles. The molecule has 3 heteroatoms. The van der Waals surface area contributed by atoms with E-state index in [0.29, 0.717) is 17.8 Å². The number of unbranched alkanes of at least 4 members (excludes halogenated alkanes) is 2. The van der Waals surface area contributed by atoms with Crippen molar-refractivity contribution in [2.75, 3.05) is 26.2 Å². The first-order chi connectivity index (χ1) is 9.47. The molecule has 0 N–H and O–H groups in total. The van der Waals surface area contributed by atoms with Gasteiger partial charge in [0.25, 0.3) is 0 Å². The zero-order valence-corrected chi connectivity index (χ0v) is 13.9. The van der Waals surface area contributed by atoms with Crippen LogP contribution in [0.25, 0.3) is 0 Å². The zero-order chi connectivity index (χ0) is 15.0. The highest BCUT2D eigenvalue weighted by Gasteiger charge is 2.28. The summed E-state index contributed by atoms with van der Waals surface area (Å²) in [6.07, 6.45) is 5.12. The molecule has 0 bridgehead atoms. The predicted octanol–water partition coefficient (Wildman–Crippen LogP) is 3.52. The molecule has 20 heavy (non-hydrogen) atoms. The van der Waals surface area contributed by atoms with Gasteiger partial charge >= 0.3 is 0 Å². The molecule has 1 aliphatic heterocycles. The van der Waals surface area contributed by atoms with Gasteiger partial charge in [-0.2, -0.15) is 0 Å². The summed E-state index contributed by atoms with van der Waals surface area (Å²) < 4.78 is 5.49. The van der Waals surface area contributed by atoms with E-state index in [2.05, 4.69) is 32.6 Å². The second-order valence-corrected chi connectivity index (χ2v) is 6.95. The highest BCUT2D eigenvalue weighted by Crippen LogP contribution is 2.21. The van der Waals surface area contributed by atoms with E-state index in [9.17, 15) is 4.79 Å². The number of likely N-dealkylation sites (tertiary alicyclic amines) is 1. The summed E-state index contributed by atoms with van der Waals surface area (Å²) in [7, 11) is 0. The van der Waals surface area contributed by atoms with Gasteiger partial charge in [-0.25, -0.2) is 0 Å². The third kappa shape index (κ3) is 8.01. The zero-order valence-electron chi connectivity index (χ0n) is 13.9. The highest BCUT2D eigenvalue weighted by molar-refractivity contribution is 5.78. The van der Waals surface area contributed by atoms with Crippen LogP contribution in [0, 0.1) is 11.8 Å². The van der Waals surface area contributed by atoms with Gasteiger partial charge in [0.15, 0.2) is 0 Å². The van der Waals surface area contributed by atoms with Crippen molar-refractivity contribution in [1.29, 1.82) is 0 Å². The first-order valence-electron chi connectivity index (χ1n) is 8.33. The average Bonchev–Trinajstić information content (AvgIpc) is 2.30. The Morgan fingerprint density at radius 3 is 2.45 bits per heavy atom. The van der Waals surface area contributed by atoms with E-state index in [-0.39, 0.29) is 0 Å². The van der Waals surface area contributed by atoms with Gasteiger partial charge in [0, 0.05) is 39.1 Å². The number of nitrogens with zero attached hydrogens (tertiary/aromatic N) is 1. The fourth-order valence-corrected chi connectivity index (χ4v) is 2.82. The molecule has 1 saturated heterocycles. The fourth-order valence-electron chi connectivity index (χ4n) is 2.82. The predicted molar refractivity (Wildman–Crippen MR) is 83.9 cm³/mol. The molecule has 1 fully saturated rings. The SMILES string of the molecule is CC(C)CN1CC(CC(=O)CCCCCOC(C)C)C1. The van der Waals surface area contributed by atoms with Crippen LogP contribution in [0.4, 0.5) is 0 Å². The molecule has 0 unspecified atom stereocenters. The van der Waals surface area contributed by atoms with Crippen LogP contribution in [0.1, 0.15) is 59.8 Å². The molecule has 0 spiro atoms. The number of rotatable bonds is 11. The minimum Gasteiger partial charge on any atom is -0.379 e. The molecule has 0 aliphatic carbocycles. The largest absolute Gasteiger partial charge is 0.379 e. The smallest absolute Gasteiger partial charge is 0.133 e. The highest BCUT2D eigenvalue weighted by atomic mass is 16.5. The normalized spacial score (nSPS) is 16.9. The Bertz CT molecular complexity index is 270. The minimum absolute atomic E-state index is 0.323. The summed E-state index contributed by atoms with van der Waals surface area (Å²) in [5.41, 5.74) is 0. The Morgan fingerprint density at radius 2 is 1.85 bits per heavy atom. The van der Waals surface area contributed by atoms with Crippen LogP contribution < -0.4 is 0 Å². The maximum Gasteiger partial charge on any atom is 0.133 e. The minimum atomic E-state index is 0.323. The summed E-state index contributed by atoms with van der Waals surface area (Å²) in [4.78, 5) is 14.3. The average molecular weight is 283 g/mol. The molecule has 3 nitrogen and oxygen atoms in total. The van der Waals surface area contributed by atoms with Crippen molar-refractivity contribution in [2.24, 2.45) is 11.8 Å². The van der Waals surface area contributed by atoms with Crippen molar-refractivity contribution in [3.63, 3.8) is 0 Å². The van der Waals surface area contributed by atoms with Gasteiger partial charge < -0.3 is 9.64 Å². The molecule has 0 atom stereocenters. The van der Waals surface area contributed by atoms with Crippen molar-refractivity contribution in [1.82, 2.24) is 4.90 Å². The molecule has 0 radical (unpaired) electrons. The maximum absolute atomic E-state index is 11.9. The van der Waals surface area contributed by atoms with Gasteiger partial charge in [-0.15, -0.1) is 0 Å². The maximum atomic E-state index is 11.9. The summed E-state index contributed by atoms with van der Waals surface area (Å²) in [5, 5.41) is 0. The number of ketones is 1. The van der Waals surface area contributed by atoms with E-state index in [4.69, 9.17) is 4.74 Å². The van der Waals surface area contributed by atoms with E-state index in [0.717, 1.165) is 57.7 Å². The van der Waals surface area contributed by atoms with Crippen molar-refractivity contribution < 1.29 is 9.53 Å². The third-order valence-corrected chi connectivity index (χ3v) is 3.72. The Hall–Kier alpha value is -0.410. The number of Topliss-reactive ketones (excluding diaryl/α,β-unsaturated/α-hetero) is 1. The molecule has 0 aromatic heterocycles. The summed E-state index contributed by atoms with van der Waals surface area (Å²) in [6, 6.07) is 0. The molecule has 0 aromatic rings. The van der Waals surface area contributed by atoms with Crippen LogP contribution in [0.15, 0.2) is 0 Å². The van der Waals surface area contributed by atoms with Gasteiger partial charge in [0.2, 0.25) is 0 Å². The van der Waals surface area contributed by atoms with Crippen LogP contribution in [0.3, 0.4) is 0 Å². The molecular weight excluding hydrogens is 250 g/mol. The van der Waals surface area contributed by atoms with Crippen LogP contribution in [-0.4, -0.2) is 43.0 Å². The van der Waals surface area contributed by atoms with Crippen molar-refractivity contribution in [2.45, 2.75) is 65.9 Å². The number of carbonyl (C=O) groups excluding carboxylic acids is 1. The lowest BCUT2D eigenvalue weighted by molar-refractivity contribution is -0.121. The topological polar surface area (TPSA) is 29.5 Å². The first kappa shape index (κ1) is 17.6. The Labute approximate surface area is 125 Å².